The van der Waals surface area contributed by atoms with Gasteiger partial charge in [0.1, 0.15) is 9.84 Å². The van der Waals surface area contributed by atoms with Crippen LogP contribution in [0.4, 0.5) is 0 Å². The quantitative estimate of drug-likeness (QED) is 0.584. The number of nitrogens with one attached hydrogen (secondary N) is 1. The van der Waals surface area contributed by atoms with Gasteiger partial charge in [0.2, 0.25) is 0 Å². The molecule has 0 bridgehead atoms. The van der Waals surface area contributed by atoms with Crippen molar-refractivity contribution in [3.63, 3.8) is 0 Å². The third kappa shape index (κ3) is 4.89. The van der Waals surface area contributed by atoms with Crippen molar-refractivity contribution >= 4 is 9.84 Å². The molecule has 0 aliphatic heterocycles. The molecule has 6 heteroatoms. The molecule has 0 spiro atoms. The van der Waals surface area contributed by atoms with Crippen LogP contribution in [0.25, 0.3) is 0 Å². The van der Waals surface area contributed by atoms with E-state index in [1.807, 2.05) is 13.8 Å². The highest BCUT2D eigenvalue weighted by atomic mass is 32.2. The Kier molecular flexibility index (Phi) is 5.90. The molecule has 0 aliphatic rings. The SMILES string of the molecule is CCS(=O)(=O)CCCC(NN)c1ncc(C)cc1C. The summed E-state index contributed by atoms with van der Waals surface area (Å²) in [6.45, 7) is 5.64. The lowest BCUT2D eigenvalue weighted by Crippen LogP contribution is -2.29. The van der Waals surface area contributed by atoms with E-state index in [9.17, 15) is 8.42 Å². The number of hydrogen-bond donors (Lipinski definition) is 2. The van der Waals surface area contributed by atoms with Crippen molar-refractivity contribution in [2.75, 3.05) is 11.5 Å². The van der Waals surface area contributed by atoms with Crippen LogP contribution in [-0.4, -0.2) is 24.9 Å². The number of hydrazine groups is 1. The molecular weight excluding hydrogens is 262 g/mol. The predicted octanol–water partition coefficient (Wildman–Crippen LogP) is 1.42. The van der Waals surface area contributed by atoms with E-state index in [2.05, 4.69) is 16.5 Å². The van der Waals surface area contributed by atoms with Gasteiger partial charge < -0.3 is 0 Å². The van der Waals surface area contributed by atoms with Crippen molar-refractivity contribution < 1.29 is 8.42 Å². The summed E-state index contributed by atoms with van der Waals surface area (Å²) >= 11 is 0. The summed E-state index contributed by atoms with van der Waals surface area (Å²) in [5.74, 6) is 5.95. The van der Waals surface area contributed by atoms with Crippen LogP contribution in [0.5, 0.6) is 0 Å². The molecule has 1 aromatic rings. The van der Waals surface area contributed by atoms with Crippen molar-refractivity contribution in [2.45, 2.75) is 39.7 Å². The van der Waals surface area contributed by atoms with Crippen molar-refractivity contribution in [3.05, 3.63) is 29.1 Å². The highest BCUT2D eigenvalue weighted by molar-refractivity contribution is 7.91. The highest BCUT2D eigenvalue weighted by Gasteiger charge is 2.15. The number of pyridine rings is 1. The summed E-state index contributed by atoms with van der Waals surface area (Å²) in [5, 5.41) is 0. The molecule has 0 saturated heterocycles. The van der Waals surface area contributed by atoms with Crippen LogP contribution in [-0.2, 0) is 9.84 Å². The molecule has 3 N–H and O–H groups in total. The maximum Gasteiger partial charge on any atom is 0.150 e. The van der Waals surface area contributed by atoms with E-state index in [-0.39, 0.29) is 17.5 Å². The van der Waals surface area contributed by atoms with E-state index in [4.69, 9.17) is 5.84 Å². The van der Waals surface area contributed by atoms with Gasteiger partial charge >= 0.3 is 0 Å². The minimum Gasteiger partial charge on any atom is -0.271 e. The van der Waals surface area contributed by atoms with E-state index >= 15 is 0 Å². The zero-order chi connectivity index (χ0) is 14.5. The molecule has 19 heavy (non-hydrogen) atoms. The number of nitrogens with zero attached hydrogens (tertiary/aromatic N) is 1. The molecule has 108 valence electrons. The molecule has 5 nitrogen and oxygen atoms in total. The van der Waals surface area contributed by atoms with Gasteiger partial charge in [-0.05, 0) is 37.8 Å². The standard InChI is InChI=1S/C13H23N3O2S/c1-4-19(17,18)7-5-6-12(16-14)13-11(3)8-10(2)9-15-13/h8-9,12,16H,4-7,14H2,1-3H3. The predicted molar refractivity (Wildman–Crippen MR) is 77.3 cm³/mol. The van der Waals surface area contributed by atoms with Gasteiger partial charge in [0.15, 0.2) is 0 Å². The average molecular weight is 285 g/mol. The molecular formula is C13H23N3O2S. The Labute approximate surface area is 115 Å². The second-order valence-electron chi connectivity index (χ2n) is 4.81. The monoisotopic (exact) mass is 285 g/mol. The Balaban J connectivity index is 2.68. The van der Waals surface area contributed by atoms with E-state index < -0.39 is 9.84 Å². The molecule has 1 rings (SSSR count). The largest absolute Gasteiger partial charge is 0.271 e. The molecule has 1 heterocycles. The topological polar surface area (TPSA) is 85.1 Å². The van der Waals surface area contributed by atoms with Crippen molar-refractivity contribution in [2.24, 2.45) is 5.84 Å². The summed E-state index contributed by atoms with van der Waals surface area (Å²) in [6, 6.07) is 1.95. The minimum atomic E-state index is -2.91. The van der Waals surface area contributed by atoms with E-state index in [0.29, 0.717) is 12.8 Å². The molecule has 1 atom stereocenters. The van der Waals surface area contributed by atoms with Crippen LogP contribution in [0.1, 0.15) is 42.6 Å². The van der Waals surface area contributed by atoms with Crippen molar-refractivity contribution in [3.8, 4) is 0 Å². The smallest absolute Gasteiger partial charge is 0.150 e. The summed E-state index contributed by atoms with van der Waals surface area (Å²) in [4.78, 5) is 4.39. The molecule has 1 unspecified atom stereocenters. The van der Waals surface area contributed by atoms with E-state index in [1.54, 1.807) is 13.1 Å². The third-order valence-electron chi connectivity index (χ3n) is 3.17. The highest BCUT2D eigenvalue weighted by Crippen LogP contribution is 2.20. The van der Waals surface area contributed by atoms with Gasteiger partial charge in [0.25, 0.3) is 0 Å². The van der Waals surface area contributed by atoms with Crippen LogP contribution in [0, 0.1) is 13.8 Å². The summed E-state index contributed by atoms with van der Waals surface area (Å²) in [5.41, 5.74) is 5.79. The molecule has 0 aliphatic carbocycles. The van der Waals surface area contributed by atoms with Gasteiger partial charge in [0.05, 0.1) is 17.5 Å². The summed E-state index contributed by atoms with van der Waals surface area (Å²) < 4.78 is 22.9. The number of sulfone groups is 1. The van der Waals surface area contributed by atoms with Crippen molar-refractivity contribution in [1.29, 1.82) is 0 Å². The zero-order valence-electron chi connectivity index (χ0n) is 11.8. The van der Waals surface area contributed by atoms with Gasteiger partial charge in [-0.2, -0.15) is 0 Å². The average Bonchev–Trinajstić information content (AvgIpc) is 2.36. The Hall–Kier alpha value is -0.980. The van der Waals surface area contributed by atoms with Crippen LogP contribution in [0.15, 0.2) is 12.3 Å². The number of rotatable bonds is 7. The lowest BCUT2D eigenvalue weighted by atomic mass is 10.0. The van der Waals surface area contributed by atoms with Gasteiger partial charge in [-0.15, -0.1) is 0 Å². The Morgan fingerprint density at radius 1 is 1.42 bits per heavy atom. The minimum absolute atomic E-state index is 0.104. The van der Waals surface area contributed by atoms with Gasteiger partial charge in [-0.1, -0.05) is 13.0 Å². The number of aryl methyl sites for hydroxylation is 2. The van der Waals surface area contributed by atoms with Crippen LogP contribution < -0.4 is 11.3 Å². The number of hydrogen-bond acceptors (Lipinski definition) is 5. The van der Waals surface area contributed by atoms with Gasteiger partial charge in [0, 0.05) is 11.9 Å². The second kappa shape index (κ2) is 6.98. The summed E-state index contributed by atoms with van der Waals surface area (Å²) in [6.07, 6.45) is 3.04. The maximum absolute atomic E-state index is 11.4. The van der Waals surface area contributed by atoms with E-state index in [1.165, 1.54) is 0 Å². The first-order valence-electron chi connectivity index (χ1n) is 6.49. The summed E-state index contributed by atoms with van der Waals surface area (Å²) in [7, 11) is -2.91. The third-order valence-corrected chi connectivity index (χ3v) is 4.97. The zero-order valence-corrected chi connectivity index (χ0v) is 12.6. The van der Waals surface area contributed by atoms with E-state index in [0.717, 1.165) is 16.8 Å². The van der Waals surface area contributed by atoms with Gasteiger partial charge in [-0.25, -0.2) is 8.42 Å². The number of nitrogens with two attached hydrogens (primary N) is 1. The molecule has 1 aromatic heterocycles. The molecule has 0 radical (unpaired) electrons. The fourth-order valence-electron chi connectivity index (χ4n) is 2.04. The van der Waals surface area contributed by atoms with Gasteiger partial charge in [-0.3, -0.25) is 16.3 Å². The first kappa shape index (κ1) is 16.1. The van der Waals surface area contributed by atoms with Crippen LogP contribution in [0.3, 0.4) is 0 Å². The Morgan fingerprint density at radius 2 is 2.11 bits per heavy atom. The molecule has 0 saturated carbocycles. The number of aromatic nitrogens is 1. The van der Waals surface area contributed by atoms with Crippen LogP contribution >= 0.6 is 0 Å². The second-order valence-corrected chi connectivity index (χ2v) is 7.29. The first-order valence-corrected chi connectivity index (χ1v) is 8.31. The van der Waals surface area contributed by atoms with Crippen molar-refractivity contribution in [1.82, 2.24) is 10.4 Å². The fraction of sp³-hybridized carbons (Fsp3) is 0.615. The Bertz CT molecular complexity index is 515. The maximum atomic E-state index is 11.4. The lowest BCUT2D eigenvalue weighted by molar-refractivity contribution is 0.494. The first-order chi connectivity index (χ1) is 8.89. The molecule has 0 amide bonds. The fourth-order valence-corrected chi connectivity index (χ4v) is 2.94. The Morgan fingerprint density at radius 3 is 2.63 bits per heavy atom. The lowest BCUT2D eigenvalue weighted by Gasteiger charge is -2.17. The van der Waals surface area contributed by atoms with Crippen LogP contribution in [0.2, 0.25) is 0 Å². The molecule has 0 fully saturated rings. The molecule has 0 aromatic carbocycles. The normalized spacial score (nSPS) is 13.5.